The highest BCUT2D eigenvalue weighted by molar-refractivity contribution is 9.10. The summed E-state index contributed by atoms with van der Waals surface area (Å²) in [6.07, 6.45) is 1.81. The number of hydrogen-bond donors (Lipinski definition) is 0. The molecule has 0 radical (unpaired) electrons. The summed E-state index contributed by atoms with van der Waals surface area (Å²) in [6.45, 7) is 0.747. The molecule has 4 nitrogen and oxygen atoms in total. The highest BCUT2D eigenvalue weighted by Gasteiger charge is 2.32. The minimum atomic E-state index is -0.108. The predicted octanol–water partition coefficient (Wildman–Crippen LogP) is 7.09. The van der Waals surface area contributed by atoms with Crippen molar-refractivity contribution in [1.29, 1.82) is 0 Å². The number of methoxy groups -OCH3 is 1. The van der Waals surface area contributed by atoms with Crippen LogP contribution in [0.1, 0.15) is 16.7 Å². The van der Waals surface area contributed by atoms with E-state index in [9.17, 15) is 4.79 Å². The Labute approximate surface area is 215 Å². The average molecular weight is 561 g/mol. The fraction of sp³-hybridized carbons (Fsp3) is 0.120. The molecule has 1 amide bonds. The van der Waals surface area contributed by atoms with E-state index in [4.69, 9.17) is 33.3 Å². The number of rotatable bonds is 7. The number of carbonyl (C=O) groups is 1. The van der Waals surface area contributed by atoms with Crippen molar-refractivity contribution in [3.8, 4) is 11.5 Å². The molecular formula is C25H19BrClNO3S2. The van der Waals surface area contributed by atoms with Gasteiger partial charge in [-0.1, -0.05) is 84.1 Å². The van der Waals surface area contributed by atoms with E-state index in [1.54, 1.807) is 12.0 Å². The summed E-state index contributed by atoms with van der Waals surface area (Å²) in [6, 6.07) is 21.0. The van der Waals surface area contributed by atoms with Gasteiger partial charge in [0, 0.05) is 10.6 Å². The Morgan fingerprint density at radius 3 is 2.58 bits per heavy atom. The van der Waals surface area contributed by atoms with Gasteiger partial charge in [-0.15, -0.1) is 0 Å². The van der Waals surface area contributed by atoms with Crippen LogP contribution in [0.5, 0.6) is 11.5 Å². The van der Waals surface area contributed by atoms with Gasteiger partial charge in [0.05, 0.1) is 23.0 Å². The zero-order valence-electron chi connectivity index (χ0n) is 17.6. The van der Waals surface area contributed by atoms with E-state index in [1.807, 2.05) is 72.8 Å². The first-order valence-corrected chi connectivity index (χ1v) is 12.4. The van der Waals surface area contributed by atoms with Crippen molar-refractivity contribution in [2.75, 3.05) is 7.11 Å². The molecule has 1 aliphatic rings. The molecule has 0 N–H and O–H groups in total. The highest BCUT2D eigenvalue weighted by Crippen LogP contribution is 2.40. The molecule has 0 aromatic heterocycles. The van der Waals surface area contributed by atoms with Crippen LogP contribution in [0.3, 0.4) is 0 Å². The molecule has 168 valence electrons. The molecule has 1 saturated heterocycles. The maximum Gasteiger partial charge on any atom is 0.266 e. The lowest BCUT2D eigenvalue weighted by Gasteiger charge is -2.15. The maximum atomic E-state index is 13.0. The molecule has 0 unspecified atom stereocenters. The first-order valence-electron chi connectivity index (χ1n) is 9.99. The largest absolute Gasteiger partial charge is 0.493 e. The van der Waals surface area contributed by atoms with E-state index < -0.39 is 0 Å². The average Bonchev–Trinajstić information content (AvgIpc) is 3.07. The normalized spacial score (nSPS) is 14.8. The topological polar surface area (TPSA) is 38.8 Å². The molecule has 4 rings (SSSR count). The fourth-order valence-electron chi connectivity index (χ4n) is 3.28. The predicted molar refractivity (Wildman–Crippen MR) is 142 cm³/mol. The third kappa shape index (κ3) is 5.61. The van der Waals surface area contributed by atoms with Crippen LogP contribution >= 0.6 is 51.5 Å². The van der Waals surface area contributed by atoms with Crippen molar-refractivity contribution in [1.82, 2.24) is 4.90 Å². The number of nitrogens with zero attached hydrogens (tertiary/aromatic N) is 1. The van der Waals surface area contributed by atoms with Gasteiger partial charge in [-0.2, -0.15) is 0 Å². The Hall–Kier alpha value is -2.32. The molecule has 0 aliphatic carbocycles. The second-order valence-corrected chi connectivity index (χ2v) is 10.1. The van der Waals surface area contributed by atoms with Gasteiger partial charge in [0.25, 0.3) is 5.91 Å². The molecule has 1 heterocycles. The van der Waals surface area contributed by atoms with Crippen LogP contribution < -0.4 is 9.47 Å². The molecular weight excluding hydrogens is 542 g/mol. The van der Waals surface area contributed by atoms with E-state index in [1.165, 1.54) is 11.8 Å². The van der Waals surface area contributed by atoms with Crippen molar-refractivity contribution >= 4 is 67.8 Å². The van der Waals surface area contributed by atoms with Gasteiger partial charge in [0.15, 0.2) is 11.5 Å². The SMILES string of the molecule is COc1cc(/C=C2\SC(=S)N(Cc3ccccc3)C2=O)cc(Br)c1OCc1ccccc1Cl. The quantitative estimate of drug-likeness (QED) is 0.228. The van der Waals surface area contributed by atoms with Gasteiger partial charge in [0.2, 0.25) is 0 Å². The number of hydrogen-bond acceptors (Lipinski definition) is 5. The van der Waals surface area contributed by atoms with Gasteiger partial charge in [-0.05, 0) is 51.3 Å². The second-order valence-electron chi connectivity index (χ2n) is 7.17. The van der Waals surface area contributed by atoms with Crippen LogP contribution in [0, 0.1) is 0 Å². The number of benzene rings is 3. The van der Waals surface area contributed by atoms with Crippen LogP contribution in [0.15, 0.2) is 76.1 Å². The number of thioether (sulfide) groups is 1. The highest BCUT2D eigenvalue weighted by atomic mass is 79.9. The standard InChI is InChI=1S/C25H19BrClNO3S2/c1-30-21-12-17(11-19(26)23(21)31-15-18-9-5-6-10-20(18)27)13-22-24(29)28(25(32)33-22)14-16-7-3-2-4-8-16/h2-13H,14-15H2,1H3/b22-13-. The molecule has 0 bridgehead atoms. The zero-order valence-corrected chi connectivity index (χ0v) is 21.6. The Balaban J connectivity index is 1.54. The Morgan fingerprint density at radius 2 is 1.85 bits per heavy atom. The van der Waals surface area contributed by atoms with Gasteiger partial charge < -0.3 is 9.47 Å². The smallest absolute Gasteiger partial charge is 0.266 e. The van der Waals surface area contributed by atoms with E-state index in [2.05, 4.69) is 15.9 Å². The lowest BCUT2D eigenvalue weighted by Crippen LogP contribution is -2.27. The number of carbonyl (C=O) groups excluding carboxylic acids is 1. The maximum absolute atomic E-state index is 13.0. The van der Waals surface area contributed by atoms with E-state index >= 15 is 0 Å². The number of amides is 1. The molecule has 8 heteroatoms. The molecule has 1 fully saturated rings. The molecule has 1 aliphatic heterocycles. The van der Waals surface area contributed by atoms with Gasteiger partial charge >= 0.3 is 0 Å². The molecule has 33 heavy (non-hydrogen) atoms. The van der Waals surface area contributed by atoms with E-state index in [0.29, 0.717) is 43.4 Å². The third-order valence-corrected chi connectivity index (χ3v) is 7.27. The summed E-state index contributed by atoms with van der Waals surface area (Å²) in [5.41, 5.74) is 2.70. The first kappa shape index (κ1) is 23.8. The van der Waals surface area contributed by atoms with Crippen molar-refractivity contribution in [2.45, 2.75) is 13.2 Å². The summed E-state index contributed by atoms with van der Waals surface area (Å²) >= 11 is 16.6. The Kier molecular flexibility index (Phi) is 7.75. The van der Waals surface area contributed by atoms with E-state index in [0.717, 1.165) is 16.7 Å². The summed E-state index contributed by atoms with van der Waals surface area (Å²) in [7, 11) is 1.58. The summed E-state index contributed by atoms with van der Waals surface area (Å²) in [5.74, 6) is 0.997. The Morgan fingerprint density at radius 1 is 1.12 bits per heavy atom. The number of thiocarbonyl (C=S) groups is 1. The van der Waals surface area contributed by atoms with Gasteiger partial charge in [-0.3, -0.25) is 9.69 Å². The van der Waals surface area contributed by atoms with Crippen LogP contribution in [-0.2, 0) is 17.9 Å². The number of ether oxygens (including phenoxy) is 2. The van der Waals surface area contributed by atoms with Crippen molar-refractivity contribution in [2.24, 2.45) is 0 Å². The molecule has 0 atom stereocenters. The summed E-state index contributed by atoms with van der Waals surface area (Å²) in [5, 5.41) is 0.640. The van der Waals surface area contributed by atoms with Crippen LogP contribution in [0.4, 0.5) is 0 Å². The fourth-order valence-corrected chi connectivity index (χ4v) is 5.30. The van der Waals surface area contributed by atoms with Crippen LogP contribution in [0.25, 0.3) is 6.08 Å². The van der Waals surface area contributed by atoms with Gasteiger partial charge in [0.1, 0.15) is 10.9 Å². The molecule has 0 saturated carbocycles. The van der Waals surface area contributed by atoms with Crippen LogP contribution in [-0.4, -0.2) is 22.2 Å². The van der Waals surface area contributed by atoms with Crippen molar-refractivity contribution < 1.29 is 14.3 Å². The third-order valence-electron chi connectivity index (χ3n) is 4.94. The summed E-state index contributed by atoms with van der Waals surface area (Å²) < 4.78 is 12.8. The Bertz CT molecular complexity index is 1230. The lowest BCUT2D eigenvalue weighted by atomic mass is 10.1. The molecule has 3 aromatic rings. The van der Waals surface area contributed by atoms with E-state index in [-0.39, 0.29) is 5.91 Å². The van der Waals surface area contributed by atoms with Crippen LogP contribution in [0.2, 0.25) is 5.02 Å². The van der Waals surface area contributed by atoms with Gasteiger partial charge in [-0.25, -0.2) is 0 Å². The zero-order chi connectivity index (χ0) is 23.4. The molecule has 0 spiro atoms. The summed E-state index contributed by atoms with van der Waals surface area (Å²) in [4.78, 5) is 15.2. The minimum Gasteiger partial charge on any atom is -0.493 e. The van der Waals surface area contributed by atoms with Crippen molar-refractivity contribution in [3.63, 3.8) is 0 Å². The van der Waals surface area contributed by atoms with Crippen molar-refractivity contribution in [3.05, 3.63) is 97.8 Å². The second kappa shape index (κ2) is 10.7. The monoisotopic (exact) mass is 559 g/mol. The molecule has 3 aromatic carbocycles. The lowest BCUT2D eigenvalue weighted by molar-refractivity contribution is -0.122. The number of halogens is 2. The minimum absolute atomic E-state index is 0.108. The first-order chi connectivity index (χ1) is 16.0.